The van der Waals surface area contributed by atoms with Gasteiger partial charge in [0.15, 0.2) is 11.1 Å². The molecule has 0 saturated heterocycles. The van der Waals surface area contributed by atoms with Crippen LogP contribution in [0.4, 0.5) is 13.2 Å². The fourth-order valence-corrected chi connectivity index (χ4v) is 6.54. The minimum atomic E-state index is -4.90. The van der Waals surface area contributed by atoms with Crippen molar-refractivity contribution in [3.63, 3.8) is 0 Å². The first-order valence-corrected chi connectivity index (χ1v) is 15.7. The molecule has 0 heterocycles. The van der Waals surface area contributed by atoms with Gasteiger partial charge in [-0.15, -0.1) is 13.2 Å². The number of ether oxygens (including phenoxy) is 1. The highest BCUT2D eigenvalue weighted by molar-refractivity contribution is 7.80. The van der Waals surface area contributed by atoms with Gasteiger partial charge in [0, 0.05) is 11.1 Å². The lowest BCUT2D eigenvalue weighted by atomic mass is 9.90. The molecular formula is C27H27F3O3SSi. The van der Waals surface area contributed by atoms with Crippen LogP contribution in [-0.4, -0.2) is 25.8 Å². The zero-order valence-electron chi connectivity index (χ0n) is 20.5. The van der Waals surface area contributed by atoms with Crippen LogP contribution in [0.1, 0.15) is 11.1 Å². The van der Waals surface area contributed by atoms with Gasteiger partial charge in [0.05, 0.1) is 20.1 Å². The van der Waals surface area contributed by atoms with Crippen LogP contribution >= 0.6 is 0 Å². The molecule has 0 saturated carbocycles. The summed E-state index contributed by atoms with van der Waals surface area (Å²) in [6, 6.07) is 16.9. The Bertz CT molecular complexity index is 1470. The van der Waals surface area contributed by atoms with Crippen molar-refractivity contribution in [2.75, 3.05) is 7.11 Å². The number of rotatable bonds is 5. The van der Waals surface area contributed by atoms with E-state index in [1.54, 1.807) is 19.9 Å². The van der Waals surface area contributed by atoms with Gasteiger partial charge in [-0.05, 0) is 52.6 Å². The molecular weight excluding hydrogens is 489 g/mol. The van der Waals surface area contributed by atoms with Gasteiger partial charge in [-0.3, -0.25) is 4.18 Å². The second-order valence-corrected chi connectivity index (χ2v) is 15.9. The Morgan fingerprint density at radius 1 is 0.829 bits per heavy atom. The van der Waals surface area contributed by atoms with Crippen LogP contribution in [0, 0.1) is 13.8 Å². The van der Waals surface area contributed by atoms with Crippen LogP contribution in [0.25, 0.3) is 32.7 Å². The summed E-state index contributed by atoms with van der Waals surface area (Å²) in [7, 11) is -0.368. The molecule has 4 rings (SSSR count). The molecule has 0 aliphatic heterocycles. The van der Waals surface area contributed by atoms with Gasteiger partial charge in [0.25, 0.3) is 0 Å². The normalized spacial score (nSPS) is 13.4. The number of halogens is 3. The predicted molar refractivity (Wildman–Crippen MR) is 139 cm³/mol. The summed E-state index contributed by atoms with van der Waals surface area (Å²) in [5.74, 6) is -0.296. The number of hydrogen-bond acceptors (Lipinski definition) is 3. The molecule has 0 N–H and O–H groups in total. The first-order valence-electron chi connectivity index (χ1n) is 11.1. The molecule has 4 aromatic rings. The van der Waals surface area contributed by atoms with Gasteiger partial charge in [-0.2, -0.15) is 0 Å². The fraction of sp³-hybridized carbons (Fsp3) is 0.259. The number of benzene rings is 4. The molecule has 0 aliphatic carbocycles. The first kappa shape index (κ1) is 25.4. The summed E-state index contributed by atoms with van der Waals surface area (Å²) in [5, 5.41) is 4.10. The van der Waals surface area contributed by atoms with Gasteiger partial charge in [-0.25, -0.2) is 4.21 Å². The maximum Gasteiger partial charge on any atom is 0.573 e. The van der Waals surface area contributed by atoms with E-state index in [1.165, 1.54) is 12.3 Å². The zero-order valence-corrected chi connectivity index (χ0v) is 22.3. The number of aryl methyl sites for hydroxylation is 2. The lowest BCUT2D eigenvalue weighted by molar-refractivity contribution is -0.274. The Morgan fingerprint density at radius 2 is 1.46 bits per heavy atom. The van der Waals surface area contributed by atoms with Gasteiger partial charge < -0.3 is 4.74 Å². The highest BCUT2D eigenvalue weighted by atomic mass is 32.2. The second-order valence-electron chi connectivity index (χ2n) is 9.65. The van der Waals surface area contributed by atoms with Crippen molar-refractivity contribution in [1.29, 1.82) is 0 Å². The predicted octanol–water partition coefficient (Wildman–Crippen LogP) is 7.39. The van der Waals surface area contributed by atoms with Crippen LogP contribution in [0.15, 0.2) is 59.5 Å². The summed E-state index contributed by atoms with van der Waals surface area (Å²) in [6.07, 6.45) is -4.90. The molecule has 0 fully saturated rings. The summed E-state index contributed by atoms with van der Waals surface area (Å²) in [6.45, 7) is 10.1. The zero-order chi connectivity index (χ0) is 25.7. The Kier molecular flexibility index (Phi) is 6.59. The molecule has 0 aromatic heterocycles. The quantitative estimate of drug-likeness (QED) is 0.260. The maximum atomic E-state index is 13.7. The number of alkyl halides is 3. The standard InChI is InChI=1S/C27H27F3O3SSi/c1-16-13-19-15-20(35(4,5)6)11-12-22(19)23(25(16)33-27(28,29)30)24-21-10-8-7-9-18(21)14-17(2)26(24)34(31)32-3/h7-15H,1-6H3. The summed E-state index contributed by atoms with van der Waals surface area (Å²) >= 11 is -1.90. The fourth-order valence-electron chi connectivity index (χ4n) is 4.51. The van der Waals surface area contributed by atoms with E-state index >= 15 is 0 Å². The Morgan fingerprint density at radius 3 is 2.09 bits per heavy atom. The molecule has 184 valence electrons. The van der Waals surface area contributed by atoms with Gasteiger partial charge >= 0.3 is 6.36 Å². The summed E-state index contributed by atoms with van der Waals surface area (Å²) in [5.41, 5.74) is 1.69. The van der Waals surface area contributed by atoms with Crippen molar-refractivity contribution in [2.45, 2.75) is 44.7 Å². The highest BCUT2D eigenvalue weighted by Crippen LogP contribution is 2.47. The van der Waals surface area contributed by atoms with Crippen molar-refractivity contribution < 1.29 is 26.3 Å². The Balaban J connectivity index is 2.25. The third-order valence-corrected chi connectivity index (χ3v) is 9.32. The van der Waals surface area contributed by atoms with E-state index < -0.39 is 25.5 Å². The minimum absolute atomic E-state index is 0.264. The Hall–Kier alpha value is -2.68. The van der Waals surface area contributed by atoms with Crippen molar-refractivity contribution in [1.82, 2.24) is 0 Å². The minimum Gasteiger partial charge on any atom is -0.405 e. The van der Waals surface area contributed by atoms with E-state index in [2.05, 4.69) is 30.4 Å². The van der Waals surface area contributed by atoms with Gasteiger partial charge in [0.2, 0.25) is 0 Å². The summed E-state index contributed by atoms with van der Waals surface area (Å²) in [4.78, 5) is 0.333. The van der Waals surface area contributed by atoms with Gasteiger partial charge in [-0.1, -0.05) is 73.4 Å². The van der Waals surface area contributed by atoms with Crippen LogP contribution in [0.5, 0.6) is 5.75 Å². The third kappa shape index (κ3) is 4.87. The van der Waals surface area contributed by atoms with E-state index in [0.717, 1.165) is 10.8 Å². The SMILES string of the molecule is COS(=O)c1c(C)cc2ccccc2c1-c1c(OC(F)(F)F)c(C)cc2cc([Si](C)(C)C)ccc12. The molecule has 3 nitrogen and oxygen atoms in total. The van der Waals surface area contributed by atoms with E-state index in [9.17, 15) is 17.4 Å². The van der Waals surface area contributed by atoms with Crippen molar-refractivity contribution in [2.24, 2.45) is 0 Å². The van der Waals surface area contributed by atoms with Crippen LogP contribution in [0.2, 0.25) is 19.6 Å². The molecule has 0 spiro atoms. The van der Waals surface area contributed by atoms with Crippen molar-refractivity contribution >= 4 is 45.9 Å². The first-order chi connectivity index (χ1) is 16.3. The Labute approximate surface area is 206 Å². The number of fused-ring (bicyclic) bond motifs is 2. The summed E-state index contributed by atoms with van der Waals surface area (Å²) < 4.78 is 63.9. The molecule has 0 radical (unpaired) electrons. The second kappa shape index (κ2) is 9.08. The smallest absolute Gasteiger partial charge is 0.405 e. The number of hydrogen-bond donors (Lipinski definition) is 0. The van der Waals surface area contributed by atoms with E-state index in [1.807, 2.05) is 42.5 Å². The maximum absolute atomic E-state index is 13.7. The average Bonchev–Trinajstić information content (AvgIpc) is 2.76. The topological polar surface area (TPSA) is 35.5 Å². The third-order valence-electron chi connectivity index (χ3n) is 6.12. The molecule has 4 aromatic carbocycles. The lowest BCUT2D eigenvalue weighted by Crippen LogP contribution is -2.37. The highest BCUT2D eigenvalue weighted by Gasteiger charge is 2.35. The van der Waals surface area contributed by atoms with E-state index in [-0.39, 0.29) is 11.3 Å². The molecule has 8 heteroatoms. The monoisotopic (exact) mass is 516 g/mol. The molecule has 35 heavy (non-hydrogen) atoms. The van der Waals surface area contributed by atoms with Gasteiger partial charge in [0.1, 0.15) is 5.75 Å². The lowest BCUT2D eigenvalue weighted by Gasteiger charge is -2.23. The largest absolute Gasteiger partial charge is 0.573 e. The van der Waals surface area contributed by atoms with E-state index in [0.29, 0.717) is 32.4 Å². The van der Waals surface area contributed by atoms with Crippen LogP contribution < -0.4 is 9.92 Å². The molecule has 0 aliphatic rings. The van der Waals surface area contributed by atoms with Crippen molar-refractivity contribution in [3.05, 3.63) is 65.7 Å². The molecule has 1 atom stereocenters. The van der Waals surface area contributed by atoms with Crippen LogP contribution in [0.3, 0.4) is 0 Å². The van der Waals surface area contributed by atoms with Crippen molar-refractivity contribution in [3.8, 4) is 16.9 Å². The van der Waals surface area contributed by atoms with E-state index in [4.69, 9.17) is 4.18 Å². The molecule has 1 unspecified atom stereocenters. The van der Waals surface area contributed by atoms with Crippen LogP contribution in [-0.2, 0) is 15.3 Å². The molecule has 0 bridgehead atoms. The average molecular weight is 517 g/mol. The molecule has 0 amide bonds.